The van der Waals surface area contributed by atoms with Crippen molar-refractivity contribution in [2.24, 2.45) is 5.92 Å². The summed E-state index contributed by atoms with van der Waals surface area (Å²) < 4.78 is 32.7. The zero-order chi connectivity index (χ0) is 21.0. The van der Waals surface area contributed by atoms with Gasteiger partial charge in [0.25, 0.3) is 0 Å². The van der Waals surface area contributed by atoms with E-state index in [1.165, 1.54) is 12.1 Å². The molecule has 3 rings (SSSR count). The number of likely N-dealkylation sites (tertiary alicyclic amines) is 1. The van der Waals surface area contributed by atoms with Gasteiger partial charge in [0.1, 0.15) is 17.2 Å². The lowest BCUT2D eigenvalue weighted by atomic mass is 9.93. The number of ether oxygens (including phenoxy) is 1. The molecule has 1 fully saturated rings. The minimum absolute atomic E-state index is 0.0671. The lowest BCUT2D eigenvalue weighted by molar-refractivity contribution is 0.0165. The lowest BCUT2D eigenvalue weighted by Gasteiger charge is -2.34. The number of carbonyl (C=O) groups is 1. The van der Waals surface area contributed by atoms with Gasteiger partial charge in [0.2, 0.25) is 5.95 Å². The number of halogens is 2. The fraction of sp³-hybridized carbons (Fsp3) is 0.500. The summed E-state index contributed by atoms with van der Waals surface area (Å²) in [5, 5.41) is 2.84. The van der Waals surface area contributed by atoms with Gasteiger partial charge in [-0.05, 0) is 58.1 Å². The van der Waals surface area contributed by atoms with Crippen molar-refractivity contribution in [3.05, 3.63) is 41.9 Å². The van der Waals surface area contributed by atoms with Crippen LogP contribution in [0, 0.1) is 17.6 Å². The second-order valence-corrected chi connectivity index (χ2v) is 8.11. The van der Waals surface area contributed by atoms with E-state index in [1.54, 1.807) is 4.90 Å². The number of pyridine rings is 1. The topological polar surface area (TPSA) is 80.2 Å². The minimum Gasteiger partial charge on any atom is -0.444 e. The Balaban J connectivity index is 1.66. The number of nitrogens with zero attached hydrogens (tertiary/aromatic N) is 4. The van der Waals surface area contributed by atoms with Crippen molar-refractivity contribution >= 4 is 17.9 Å². The summed E-state index contributed by atoms with van der Waals surface area (Å²) in [7, 11) is 0. The normalized spacial score (nSPS) is 17.1. The molecular formula is C20H25F2N5O2. The van der Waals surface area contributed by atoms with Crippen LogP contribution in [0.1, 0.15) is 39.3 Å². The molecule has 0 bridgehead atoms. The highest BCUT2D eigenvalue weighted by Gasteiger charge is 2.28. The van der Waals surface area contributed by atoms with E-state index in [1.807, 2.05) is 20.8 Å². The van der Waals surface area contributed by atoms with Gasteiger partial charge >= 0.3 is 6.09 Å². The van der Waals surface area contributed by atoms with Crippen LogP contribution in [0.5, 0.6) is 0 Å². The Hall–Kier alpha value is -2.84. The first-order valence-corrected chi connectivity index (χ1v) is 9.57. The minimum atomic E-state index is -0.558. The van der Waals surface area contributed by atoms with Crippen LogP contribution in [0.2, 0.25) is 0 Å². The van der Waals surface area contributed by atoms with Crippen LogP contribution < -0.4 is 5.32 Å². The van der Waals surface area contributed by atoms with E-state index in [-0.39, 0.29) is 23.7 Å². The molecule has 7 nitrogen and oxygen atoms in total. The molecule has 1 atom stereocenters. The van der Waals surface area contributed by atoms with E-state index >= 15 is 0 Å². The van der Waals surface area contributed by atoms with Crippen molar-refractivity contribution in [1.29, 1.82) is 0 Å². The highest BCUT2D eigenvalue weighted by Crippen LogP contribution is 2.23. The Morgan fingerprint density at radius 2 is 2.07 bits per heavy atom. The monoisotopic (exact) mass is 405 g/mol. The molecular weight excluding hydrogens is 380 g/mol. The van der Waals surface area contributed by atoms with Gasteiger partial charge in [-0.1, -0.05) is 0 Å². The third kappa shape index (κ3) is 6.07. The number of anilines is 2. The summed E-state index contributed by atoms with van der Waals surface area (Å²) in [4.78, 5) is 26.0. The Morgan fingerprint density at radius 1 is 1.28 bits per heavy atom. The number of hydrogen-bond acceptors (Lipinski definition) is 6. The number of amides is 1. The third-order valence-electron chi connectivity index (χ3n) is 4.44. The molecule has 0 unspecified atom stereocenters. The maximum absolute atomic E-state index is 14.3. The summed E-state index contributed by atoms with van der Waals surface area (Å²) in [5.74, 6) is -0.351. The van der Waals surface area contributed by atoms with Gasteiger partial charge in [-0.2, -0.15) is 0 Å². The van der Waals surface area contributed by atoms with Crippen LogP contribution in [-0.2, 0) is 11.2 Å². The van der Waals surface area contributed by atoms with Gasteiger partial charge in [0.05, 0.1) is 18.1 Å². The highest BCUT2D eigenvalue weighted by molar-refractivity contribution is 5.68. The zero-order valence-electron chi connectivity index (χ0n) is 16.8. The molecule has 156 valence electrons. The average Bonchev–Trinajstić information content (AvgIpc) is 2.65. The molecule has 0 saturated carbocycles. The van der Waals surface area contributed by atoms with E-state index in [0.29, 0.717) is 25.3 Å². The van der Waals surface area contributed by atoms with Crippen LogP contribution in [0.4, 0.5) is 25.3 Å². The number of hydrogen-bond donors (Lipinski definition) is 1. The highest BCUT2D eigenvalue weighted by atomic mass is 19.1. The average molecular weight is 405 g/mol. The van der Waals surface area contributed by atoms with Crippen LogP contribution in [0.15, 0.2) is 24.5 Å². The first-order valence-electron chi connectivity index (χ1n) is 9.57. The van der Waals surface area contributed by atoms with E-state index in [2.05, 4.69) is 20.3 Å². The molecule has 2 aromatic heterocycles. The quantitative estimate of drug-likeness (QED) is 0.826. The Morgan fingerprint density at radius 3 is 2.76 bits per heavy atom. The van der Waals surface area contributed by atoms with Crippen molar-refractivity contribution in [1.82, 2.24) is 19.9 Å². The van der Waals surface area contributed by atoms with Crippen LogP contribution in [0.3, 0.4) is 0 Å². The van der Waals surface area contributed by atoms with Gasteiger partial charge in [-0.15, -0.1) is 0 Å². The second-order valence-electron chi connectivity index (χ2n) is 8.11. The van der Waals surface area contributed by atoms with Crippen molar-refractivity contribution < 1.29 is 18.3 Å². The van der Waals surface area contributed by atoms with Gasteiger partial charge in [-0.3, -0.25) is 0 Å². The number of rotatable bonds is 4. The standard InChI is InChI=1S/C20H25F2N5O2/c1-20(2,3)29-19(28)27-8-4-5-13(12-27)9-16-15(22)11-24-18(25-16)26-17-7-6-14(21)10-23-17/h6-7,10-11,13H,4-5,8-9,12H2,1-3H3,(H,23,24,25,26)/t13-/m1/s1. The second kappa shape index (κ2) is 8.67. The van der Waals surface area contributed by atoms with E-state index in [9.17, 15) is 13.6 Å². The maximum atomic E-state index is 14.3. The Kier molecular flexibility index (Phi) is 6.24. The third-order valence-corrected chi connectivity index (χ3v) is 4.44. The van der Waals surface area contributed by atoms with E-state index in [0.717, 1.165) is 25.2 Å². The summed E-state index contributed by atoms with van der Waals surface area (Å²) >= 11 is 0. The summed E-state index contributed by atoms with van der Waals surface area (Å²) in [5.41, 5.74) is -0.293. The number of carbonyl (C=O) groups excluding carboxylic acids is 1. The van der Waals surface area contributed by atoms with Gasteiger partial charge in [-0.25, -0.2) is 28.5 Å². The van der Waals surface area contributed by atoms with Gasteiger partial charge in [0, 0.05) is 13.1 Å². The number of nitrogens with one attached hydrogen (secondary N) is 1. The molecule has 29 heavy (non-hydrogen) atoms. The van der Waals surface area contributed by atoms with Crippen molar-refractivity contribution in [3.8, 4) is 0 Å². The van der Waals surface area contributed by atoms with E-state index in [4.69, 9.17) is 4.74 Å². The van der Waals surface area contributed by atoms with Gasteiger partial charge in [0.15, 0.2) is 5.82 Å². The zero-order valence-corrected chi connectivity index (χ0v) is 16.8. The molecule has 1 saturated heterocycles. The van der Waals surface area contributed by atoms with Crippen molar-refractivity contribution in [2.45, 2.75) is 45.6 Å². The number of aromatic nitrogens is 3. The fourth-order valence-corrected chi connectivity index (χ4v) is 3.17. The maximum Gasteiger partial charge on any atom is 0.410 e. The number of piperidine rings is 1. The van der Waals surface area contributed by atoms with E-state index < -0.39 is 17.2 Å². The SMILES string of the molecule is CC(C)(C)OC(=O)N1CCC[C@H](Cc2nc(Nc3ccc(F)cn3)ncc2F)C1. The predicted octanol–water partition coefficient (Wildman–Crippen LogP) is 4.08. The Labute approximate surface area is 168 Å². The first kappa shape index (κ1) is 20.9. The van der Waals surface area contributed by atoms with Crippen LogP contribution in [0.25, 0.3) is 0 Å². The fourth-order valence-electron chi connectivity index (χ4n) is 3.17. The summed E-state index contributed by atoms with van der Waals surface area (Å²) in [6.45, 7) is 6.59. The van der Waals surface area contributed by atoms with Crippen molar-refractivity contribution in [3.63, 3.8) is 0 Å². The summed E-state index contributed by atoms with van der Waals surface area (Å²) in [6.07, 6.45) is 3.88. The first-order chi connectivity index (χ1) is 13.7. The molecule has 1 aliphatic rings. The molecule has 2 aromatic rings. The summed E-state index contributed by atoms with van der Waals surface area (Å²) in [6, 6.07) is 2.70. The largest absolute Gasteiger partial charge is 0.444 e. The smallest absolute Gasteiger partial charge is 0.410 e. The lowest BCUT2D eigenvalue weighted by Crippen LogP contribution is -2.43. The molecule has 1 aliphatic heterocycles. The van der Waals surface area contributed by atoms with Crippen molar-refractivity contribution in [2.75, 3.05) is 18.4 Å². The molecule has 3 heterocycles. The van der Waals surface area contributed by atoms with Gasteiger partial charge < -0.3 is 15.0 Å². The predicted molar refractivity (Wildman–Crippen MR) is 104 cm³/mol. The van der Waals surface area contributed by atoms with Crippen LogP contribution >= 0.6 is 0 Å². The molecule has 9 heteroatoms. The van der Waals surface area contributed by atoms with Crippen LogP contribution in [-0.4, -0.2) is 44.6 Å². The Bertz CT molecular complexity index is 855. The molecule has 0 radical (unpaired) electrons. The molecule has 1 N–H and O–H groups in total. The molecule has 0 aromatic carbocycles. The molecule has 1 amide bonds. The molecule has 0 aliphatic carbocycles. The molecule has 0 spiro atoms.